The smallest absolute Gasteiger partial charge is 0.263 e. The predicted octanol–water partition coefficient (Wildman–Crippen LogP) is 4.55. The largest absolute Gasteiger partial charge is 0.263 e. The van der Waals surface area contributed by atoms with Crippen molar-refractivity contribution in [2.45, 2.75) is 11.8 Å². The summed E-state index contributed by atoms with van der Waals surface area (Å²) in [6.45, 7) is 8.68. The van der Waals surface area contributed by atoms with E-state index in [1.54, 1.807) is 43.3 Å². The highest BCUT2D eigenvalue weighted by Gasteiger charge is 2.17. The number of sulfonamides is 1. The fraction of sp³-hybridized carbons (Fsp3) is 0.0526. The Morgan fingerprint density at radius 2 is 1.81 bits per heavy atom. The summed E-state index contributed by atoms with van der Waals surface area (Å²) in [7, 11) is -3.95. The van der Waals surface area contributed by atoms with Gasteiger partial charge in [-0.15, -0.1) is 0 Å². The number of nitrogens with one attached hydrogen (secondary N) is 1. The maximum absolute atomic E-state index is 14.5. The monoisotopic (exact) mass is 367 g/mol. The van der Waals surface area contributed by atoms with Crippen molar-refractivity contribution in [3.05, 3.63) is 83.6 Å². The van der Waals surface area contributed by atoms with Gasteiger partial charge in [0.2, 0.25) is 0 Å². The van der Waals surface area contributed by atoms with Crippen molar-refractivity contribution in [3.63, 3.8) is 0 Å². The summed E-state index contributed by atoms with van der Waals surface area (Å²) >= 11 is 0. The Morgan fingerprint density at radius 3 is 2.42 bits per heavy atom. The summed E-state index contributed by atoms with van der Waals surface area (Å²) in [5, 5.41) is 0. The van der Waals surface area contributed by atoms with E-state index in [2.05, 4.69) is 14.6 Å². The van der Waals surface area contributed by atoms with Gasteiger partial charge in [-0.1, -0.05) is 36.4 Å². The summed E-state index contributed by atoms with van der Waals surface area (Å²) in [4.78, 5) is 7.17. The molecular weight excluding hydrogens is 353 g/mol. The minimum Gasteiger partial charge on any atom is -0.263 e. The molecule has 1 aromatic heterocycles. The molecule has 0 bridgehead atoms. The van der Waals surface area contributed by atoms with Crippen molar-refractivity contribution in [2.24, 2.45) is 0 Å². The first-order chi connectivity index (χ1) is 12.4. The molecule has 26 heavy (non-hydrogen) atoms. The van der Waals surface area contributed by atoms with Crippen molar-refractivity contribution >= 4 is 21.5 Å². The van der Waals surface area contributed by atoms with Crippen LogP contribution >= 0.6 is 0 Å². The molecule has 3 rings (SSSR count). The van der Waals surface area contributed by atoms with E-state index in [1.165, 1.54) is 18.2 Å². The fourth-order valence-electron chi connectivity index (χ4n) is 2.41. The van der Waals surface area contributed by atoms with Crippen LogP contribution in [0.5, 0.6) is 0 Å². The van der Waals surface area contributed by atoms with Crippen LogP contribution in [0.2, 0.25) is 0 Å². The molecule has 0 amide bonds. The standard InChI is InChI=1S/C19H14FN3O2S/c1-13-4-3-5-19(22-13)23-26(24,25)16-10-11-17(18(20)12-16)14-6-8-15(21-2)9-7-14/h3-12H,1H3,(H,22,23). The Balaban J connectivity index is 1.92. The zero-order valence-electron chi connectivity index (χ0n) is 13.8. The third kappa shape index (κ3) is 3.71. The van der Waals surface area contributed by atoms with Gasteiger partial charge in [-0.05, 0) is 36.8 Å². The Hall–Kier alpha value is -3.24. The van der Waals surface area contributed by atoms with E-state index in [0.717, 1.165) is 6.07 Å². The molecule has 0 saturated carbocycles. The molecule has 0 radical (unpaired) electrons. The molecule has 2 aromatic carbocycles. The van der Waals surface area contributed by atoms with Crippen LogP contribution < -0.4 is 4.72 Å². The topological polar surface area (TPSA) is 63.4 Å². The summed E-state index contributed by atoms with van der Waals surface area (Å²) in [6, 6.07) is 15.0. The summed E-state index contributed by atoms with van der Waals surface area (Å²) in [5.74, 6) is -0.496. The van der Waals surface area contributed by atoms with Gasteiger partial charge in [-0.2, -0.15) is 0 Å². The molecule has 1 N–H and O–H groups in total. The second-order valence-electron chi connectivity index (χ2n) is 5.57. The molecule has 5 nitrogen and oxygen atoms in total. The molecule has 0 spiro atoms. The molecule has 0 aliphatic rings. The van der Waals surface area contributed by atoms with Crippen LogP contribution in [0, 0.1) is 19.3 Å². The fourth-order valence-corrected chi connectivity index (χ4v) is 3.42. The molecular formula is C19H14FN3O2S. The Kier molecular flexibility index (Phi) is 4.69. The highest BCUT2D eigenvalue weighted by molar-refractivity contribution is 7.92. The van der Waals surface area contributed by atoms with E-state index < -0.39 is 15.8 Å². The SMILES string of the molecule is [C-]#[N+]c1ccc(-c2ccc(S(=O)(=O)Nc3cccc(C)n3)cc2F)cc1. The number of pyridine rings is 1. The lowest BCUT2D eigenvalue weighted by Crippen LogP contribution is -2.14. The molecule has 0 aliphatic heterocycles. The van der Waals surface area contributed by atoms with Crippen LogP contribution in [0.4, 0.5) is 15.9 Å². The van der Waals surface area contributed by atoms with Gasteiger partial charge >= 0.3 is 0 Å². The first-order valence-corrected chi connectivity index (χ1v) is 9.11. The van der Waals surface area contributed by atoms with E-state index in [0.29, 0.717) is 16.9 Å². The number of aryl methyl sites for hydroxylation is 1. The van der Waals surface area contributed by atoms with Crippen LogP contribution in [0.25, 0.3) is 16.0 Å². The molecule has 0 unspecified atom stereocenters. The number of hydrogen-bond acceptors (Lipinski definition) is 3. The van der Waals surface area contributed by atoms with Crippen molar-refractivity contribution in [3.8, 4) is 11.1 Å². The Labute approximate surface area is 151 Å². The summed E-state index contributed by atoms with van der Waals surface area (Å²) in [6.07, 6.45) is 0. The highest BCUT2D eigenvalue weighted by Crippen LogP contribution is 2.27. The van der Waals surface area contributed by atoms with E-state index >= 15 is 0 Å². The molecule has 0 atom stereocenters. The van der Waals surface area contributed by atoms with Gasteiger partial charge in [0.05, 0.1) is 11.5 Å². The molecule has 3 aromatic rings. The average Bonchev–Trinajstić information content (AvgIpc) is 2.61. The molecule has 0 fully saturated rings. The van der Waals surface area contributed by atoms with Crippen LogP contribution in [-0.4, -0.2) is 13.4 Å². The maximum Gasteiger partial charge on any atom is 0.263 e. The number of benzene rings is 2. The van der Waals surface area contributed by atoms with Crippen LogP contribution in [0.1, 0.15) is 5.69 Å². The van der Waals surface area contributed by atoms with E-state index in [-0.39, 0.29) is 16.3 Å². The van der Waals surface area contributed by atoms with Crippen LogP contribution in [0.3, 0.4) is 0 Å². The normalized spacial score (nSPS) is 11.0. The predicted molar refractivity (Wildman–Crippen MR) is 97.9 cm³/mol. The quantitative estimate of drug-likeness (QED) is 0.688. The van der Waals surface area contributed by atoms with Gasteiger partial charge in [0.1, 0.15) is 11.6 Å². The summed E-state index contributed by atoms with van der Waals surface area (Å²) < 4.78 is 41.7. The first kappa shape index (κ1) is 17.6. The molecule has 1 heterocycles. The second-order valence-corrected chi connectivity index (χ2v) is 7.25. The van der Waals surface area contributed by atoms with E-state index in [1.807, 2.05) is 0 Å². The van der Waals surface area contributed by atoms with Gasteiger partial charge in [0, 0.05) is 11.3 Å². The van der Waals surface area contributed by atoms with Gasteiger partial charge in [0.15, 0.2) is 5.69 Å². The lowest BCUT2D eigenvalue weighted by Gasteiger charge is -2.10. The Morgan fingerprint density at radius 1 is 1.08 bits per heavy atom. The lowest BCUT2D eigenvalue weighted by molar-refractivity contribution is 0.596. The third-order valence-corrected chi connectivity index (χ3v) is 5.04. The molecule has 0 aliphatic carbocycles. The zero-order chi connectivity index (χ0) is 18.7. The van der Waals surface area contributed by atoms with Crippen molar-refractivity contribution in [1.82, 2.24) is 4.98 Å². The second kappa shape index (κ2) is 6.94. The third-order valence-electron chi connectivity index (χ3n) is 3.69. The zero-order valence-corrected chi connectivity index (χ0v) is 14.6. The van der Waals surface area contributed by atoms with Crippen molar-refractivity contribution in [2.75, 3.05) is 4.72 Å². The van der Waals surface area contributed by atoms with Gasteiger partial charge in [-0.25, -0.2) is 22.6 Å². The number of rotatable bonds is 4. The molecule has 0 saturated heterocycles. The molecule has 7 heteroatoms. The number of aromatic nitrogens is 1. The number of hydrogen-bond donors (Lipinski definition) is 1. The summed E-state index contributed by atoms with van der Waals surface area (Å²) in [5.41, 5.74) is 1.93. The highest BCUT2D eigenvalue weighted by atomic mass is 32.2. The first-order valence-electron chi connectivity index (χ1n) is 7.63. The minimum absolute atomic E-state index is 0.171. The minimum atomic E-state index is -3.95. The van der Waals surface area contributed by atoms with Crippen LogP contribution in [0.15, 0.2) is 65.6 Å². The average molecular weight is 367 g/mol. The van der Waals surface area contributed by atoms with Gasteiger partial charge in [0.25, 0.3) is 10.0 Å². The van der Waals surface area contributed by atoms with Crippen molar-refractivity contribution in [1.29, 1.82) is 0 Å². The lowest BCUT2D eigenvalue weighted by atomic mass is 10.1. The van der Waals surface area contributed by atoms with Gasteiger partial charge in [-0.3, -0.25) is 4.72 Å². The number of anilines is 1. The van der Waals surface area contributed by atoms with Crippen molar-refractivity contribution < 1.29 is 12.8 Å². The Bertz CT molecular complexity index is 1100. The molecule has 130 valence electrons. The van der Waals surface area contributed by atoms with Crippen LogP contribution in [-0.2, 0) is 10.0 Å². The maximum atomic E-state index is 14.5. The number of nitrogens with zero attached hydrogens (tertiary/aromatic N) is 2. The number of halogens is 1. The van der Waals surface area contributed by atoms with Gasteiger partial charge < -0.3 is 0 Å². The van der Waals surface area contributed by atoms with E-state index in [4.69, 9.17) is 6.57 Å². The van der Waals surface area contributed by atoms with E-state index in [9.17, 15) is 12.8 Å².